The molecule has 0 radical (unpaired) electrons. The van der Waals surface area contributed by atoms with Crippen LogP contribution in [0.4, 0.5) is 5.82 Å². The first-order chi connectivity index (χ1) is 9.02. The van der Waals surface area contributed by atoms with Crippen molar-refractivity contribution in [2.45, 2.75) is 57.8 Å². The maximum atomic E-state index is 10.8. The second-order valence-corrected chi connectivity index (χ2v) is 6.93. The fraction of sp³-hybridized carbons (Fsp3) is 0.733. The average Bonchev–Trinajstić information content (AvgIpc) is 2.53. The molecule has 0 aliphatic heterocycles. The number of hydrogen-bond donors (Lipinski definition) is 1. The van der Waals surface area contributed by atoms with Gasteiger partial charge in [-0.2, -0.15) is 5.10 Å². The summed E-state index contributed by atoms with van der Waals surface area (Å²) < 4.78 is 1.85. The molecule has 0 unspecified atom stereocenters. The van der Waals surface area contributed by atoms with Crippen LogP contribution in [0.3, 0.4) is 0 Å². The maximum absolute atomic E-state index is 10.8. The topological polar surface area (TPSA) is 46.9 Å². The standard InChI is InChI=1S/C15H23N3O/c1-15(2)7-11(8-15)13-12(10-5-4-6-10)14(16-9-19)18(3)17-13/h9-11H,4-8H2,1-3H3,(H,16,19). The Balaban J connectivity index is 1.94. The van der Waals surface area contributed by atoms with E-state index in [1.54, 1.807) is 0 Å². The highest BCUT2D eigenvalue weighted by Gasteiger charge is 2.41. The van der Waals surface area contributed by atoms with E-state index in [2.05, 4.69) is 19.2 Å². The minimum Gasteiger partial charge on any atom is -0.313 e. The van der Waals surface area contributed by atoms with Gasteiger partial charge in [-0.15, -0.1) is 0 Å². The fourth-order valence-electron chi connectivity index (χ4n) is 3.66. The summed E-state index contributed by atoms with van der Waals surface area (Å²) in [6.07, 6.45) is 6.97. The van der Waals surface area contributed by atoms with Crippen LogP contribution >= 0.6 is 0 Å². The first-order valence-corrected chi connectivity index (χ1v) is 7.29. The molecule has 1 N–H and O–H groups in total. The van der Waals surface area contributed by atoms with Gasteiger partial charge in [-0.1, -0.05) is 20.3 Å². The highest BCUT2D eigenvalue weighted by Crippen LogP contribution is 2.53. The molecule has 2 aliphatic rings. The van der Waals surface area contributed by atoms with Crippen molar-refractivity contribution >= 4 is 12.2 Å². The van der Waals surface area contributed by atoms with Crippen LogP contribution in [-0.4, -0.2) is 16.2 Å². The lowest BCUT2D eigenvalue weighted by Gasteiger charge is -2.43. The van der Waals surface area contributed by atoms with Gasteiger partial charge in [-0.05, 0) is 37.0 Å². The lowest BCUT2D eigenvalue weighted by atomic mass is 9.62. The lowest BCUT2D eigenvalue weighted by molar-refractivity contribution is -0.105. The molecular weight excluding hydrogens is 238 g/mol. The summed E-state index contributed by atoms with van der Waals surface area (Å²) in [6.45, 7) is 4.64. The quantitative estimate of drug-likeness (QED) is 0.846. The molecule has 2 saturated carbocycles. The Bertz CT molecular complexity index is 492. The van der Waals surface area contributed by atoms with Gasteiger partial charge >= 0.3 is 0 Å². The third kappa shape index (κ3) is 2.07. The van der Waals surface area contributed by atoms with Gasteiger partial charge in [-0.3, -0.25) is 9.48 Å². The van der Waals surface area contributed by atoms with Crippen molar-refractivity contribution in [2.75, 3.05) is 5.32 Å². The van der Waals surface area contributed by atoms with Gasteiger partial charge in [0.2, 0.25) is 6.41 Å². The number of anilines is 1. The molecule has 0 aromatic carbocycles. The molecule has 2 aliphatic carbocycles. The minimum absolute atomic E-state index is 0.456. The summed E-state index contributed by atoms with van der Waals surface area (Å²) in [5, 5.41) is 7.57. The van der Waals surface area contributed by atoms with E-state index < -0.39 is 0 Å². The monoisotopic (exact) mass is 261 g/mol. The summed E-state index contributed by atoms with van der Waals surface area (Å²) in [5.41, 5.74) is 3.02. The van der Waals surface area contributed by atoms with Crippen molar-refractivity contribution in [1.29, 1.82) is 0 Å². The number of nitrogens with one attached hydrogen (secondary N) is 1. The van der Waals surface area contributed by atoms with Crippen LogP contribution in [0.25, 0.3) is 0 Å². The second-order valence-electron chi connectivity index (χ2n) is 6.93. The summed E-state index contributed by atoms with van der Waals surface area (Å²) in [7, 11) is 1.93. The van der Waals surface area contributed by atoms with Crippen molar-refractivity contribution in [3.63, 3.8) is 0 Å². The van der Waals surface area contributed by atoms with Crippen LogP contribution in [0, 0.1) is 5.41 Å². The molecule has 3 rings (SSSR count). The smallest absolute Gasteiger partial charge is 0.212 e. The molecule has 1 heterocycles. The fourth-order valence-corrected chi connectivity index (χ4v) is 3.66. The van der Waals surface area contributed by atoms with Crippen molar-refractivity contribution in [3.8, 4) is 0 Å². The molecule has 1 aromatic heterocycles. The van der Waals surface area contributed by atoms with Crippen LogP contribution in [0.2, 0.25) is 0 Å². The molecule has 104 valence electrons. The predicted molar refractivity (Wildman–Crippen MR) is 75.2 cm³/mol. The zero-order chi connectivity index (χ0) is 13.6. The van der Waals surface area contributed by atoms with Crippen LogP contribution in [0.1, 0.15) is 69.0 Å². The summed E-state index contributed by atoms with van der Waals surface area (Å²) in [4.78, 5) is 10.8. The van der Waals surface area contributed by atoms with Gasteiger partial charge in [0.1, 0.15) is 5.82 Å². The summed E-state index contributed by atoms with van der Waals surface area (Å²) in [5.74, 6) is 2.10. The van der Waals surface area contributed by atoms with E-state index in [1.165, 1.54) is 43.4 Å². The van der Waals surface area contributed by atoms with Crippen molar-refractivity contribution in [1.82, 2.24) is 9.78 Å². The molecule has 0 saturated heterocycles. The molecule has 19 heavy (non-hydrogen) atoms. The zero-order valence-corrected chi connectivity index (χ0v) is 12.1. The van der Waals surface area contributed by atoms with E-state index in [-0.39, 0.29) is 0 Å². The Morgan fingerprint density at radius 3 is 2.47 bits per heavy atom. The van der Waals surface area contributed by atoms with Gasteiger partial charge in [-0.25, -0.2) is 0 Å². The number of aryl methyl sites for hydroxylation is 1. The van der Waals surface area contributed by atoms with Crippen LogP contribution in [0.5, 0.6) is 0 Å². The van der Waals surface area contributed by atoms with E-state index in [1.807, 2.05) is 11.7 Å². The molecule has 4 heteroatoms. The number of carbonyl (C=O) groups excluding carboxylic acids is 1. The number of aromatic nitrogens is 2. The van der Waals surface area contributed by atoms with E-state index in [0.717, 1.165) is 12.2 Å². The van der Waals surface area contributed by atoms with E-state index >= 15 is 0 Å². The summed E-state index contributed by atoms with van der Waals surface area (Å²) >= 11 is 0. The third-order valence-electron chi connectivity index (χ3n) is 4.81. The Morgan fingerprint density at radius 2 is 2.00 bits per heavy atom. The van der Waals surface area contributed by atoms with Crippen molar-refractivity contribution in [3.05, 3.63) is 11.3 Å². The molecule has 0 atom stereocenters. The average molecular weight is 261 g/mol. The first kappa shape index (κ1) is 12.7. The third-order valence-corrected chi connectivity index (χ3v) is 4.81. The highest BCUT2D eigenvalue weighted by molar-refractivity contribution is 5.72. The number of hydrogen-bond acceptors (Lipinski definition) is 2. The van der Waals surface area contributed by atoms with E-state index in [9.17, 15) is 4.79 Å². The molecular formula is C15H23N3O. The van der Waals surface area contributed by atoms with Crippen molar-refractivity contribution < 1.29 is 4.79 Å². The Morgan fingerprint density at radius 1 is 1.32 bits per heavy atom. The van der Waals surface area contributed by atoms with Crippen LogP contribution in [-0.2, 0) is 11.8 Å². The number of carbonyl (C=O) groups is 1. The zero-order valence-electron chi connectivity index (χ0n) is 12.1. The maximum Gasteiger partial charge on any atom is 0.212 e. The molecule has 4 nitrogen and oxygen atoms in total. The lowest BCUT2D eigenvalue weighted by Crippen LogP contribution is -2.31. The van der Waals surface area contributed by atoms with Gasteiger partial charge < -0.3 is 5.32 Å². The van der Waals surface area contributed by atoms with Gasteiger partial charge in [0.25, 0.3) is 0 Å². The second kappa shape index (κ2) is 4.36. The van der Waals surface area contributed by atoms with Crippen molar-refractivity contribution in [2.24, 2.45) is 12.5 Å². The number of amides is 1. The number of nitrogens with zero attached hydrogens (tertiary/aromatic N) is 2. The molecule has 0 bridgehead atoms. The van der Waals surface area contributed by atoms with E-state index in [4.69, 9.17) is 5.10 Å². The van der Waals surface area contributed by atoms with Gasteiger partial charge in [0.05, 0.1) is 5.69 Å². The van der Waals surface area contributed by atoms with Gasteiger partial charge in [0, 0.05) is 18.5 Å². The number of rotatable bonds is 4. The molecule has 1 amide bonds. The predicted octanol–water partition coefficient (Wildman–Crippen LogP) is 3.16. The Kier molecular flexibility index (Phi) is 2.91. The highest BCUT2D eigenvalue weighted by atomic mass is 16.1. The molecule has 1 aromatic rings. The van der Waals surface area contributed by atoms with Gasteiger partial charge in [0.15, 0.2) is 0 Å². The minimum atomic E-state index is 0.456. The Hall–Kier alpha value is -1.32. The van der Waals surface area contributed by atoms with E-state index in [0.29, 0.717) is 17.3 Å². The largest absolute Gasteiger partial charge is 0.313 e. The Labute approximate surface area is 114 Å². The van der Waals surface area contributed by atoms with Crippen LogP contribution < -0.4 is 5.32 Å². The normalized spacial score (nSPS) is 22.7. The molecule has 2 fully saturated rings. The SMILES string of the molecule is Cn1nc(C2CC(C)(C)C2)c(C2CCC2)c1NC=O. The summed E-state index contributed by atoms with van der Waals surface area (Å²) in [6, 6.07) is 0. The first-order valence-electron chi connectivity index (χ1n) is 7.29. The van der Waals surface area contributed by atoms with Crippen LogP contribution in [0.15, 0.2) is 0 Å². The molecule has 0 spiro atoms.